The lowest BCUT2D eigenvalue weighted by Gasteiger charge is -1.97. The Balaban J connectivity index is 2.06. The lowest BCUT2D eigenvalue weighted by atomic mass is 10.1. The van der Waals surface area contributed by atoms with Gasteiger partial charge in [-0.2, -0.15) is 10.2 Å². The summed E-state index contributed by atoms with van der Waals surface area (Å²) in [6, 6.07) is 1.98. The van der Waals surface area contributed by atoms with E-state index in [1.807, 2.05) is 6.07 Å². The minimum absolute atomic E-state index is 0.101. The van der Waals surface area contributed by atoms with Gasteiger partial charge in [0.15, 0.2) is 15.7 Å². The molecule has 7 heteroatoms. The third-order valence-electron chi connectivity index (χ3n) is 2.53. The number of hydrogen-bond acceptors (Lipinski definition) is 6. The number of nitriles is 1. The van der Waals surface area contributed by atoms with Gasteiger partial charge in [0.05, 0.1) is 17.6 Å². The van der Waals surface area contributed by atoms with E-state index in [9.17, 15) is 8.42 Å². The second-order valence-electron chi connectivity index (χ2n) is 3.80. The molecule has 0 radical (unpaired) electrons. The van der Waals surface area contributed by atoms with Crippen LogP contribution >= 0.6 is 0 Å². The quantitative estimate of drug-likeness (QED) is 0.761. The molecule has 1 aliphatic rings. The Morgan fingerprint density at radius 3 is 3.00 bits per heavy atom. The molecule has 0 aliphatic carbocycles. The number of nitrogens with zero attached hydrogens (tertiary/aromatic N) is 3. The van der Waals surface area contributed by atoms with Crippen LogP contribution in [0.25, 0.3) is 0 Å². The van der Waals surface area contributed by atoms with Gasteiger partial charge in [0.2, 0.25) is 5.89 Å². The van der Waals surface area contributed by atoms with Gasteiger partial charge in [-0.3, -0.25) is 0 Å². The normalized spacial score (nSPS) is 23.1. The number of hydrogen-bond donors (Lipinski definition) is 0. The zero-order valence-electron chi connectivity index (χ0n) is 8.59. The zero-order valence-corrected chi connectivity index (χ0v) is 9.40. The first-order valence-corrected chi connectivity index (χ1v) is 6.83. The number of rotatable bonds is 3. The van der Waals surface area contributed by atoms with Gasteiger partial charge in [0.25, 0.3) is 0 Å². The summed E-state index contributed by atoms with van der Waals surface area (Å²) in [4.78, 5) is 4.10. The zero-order chi connectivity index (χ0) is 11.6. The summed E-state index contributed by atoms with van der Waals surface area (Å²) in [5.41, 5.74) is 0. The van der Waals surface area contributed by atoms with Crippen molar-refractivity contribution in [2.24, 2.45) is 0 Å². The smallest absolute Gasteiger partial charge is 0.227 e. The van der Waals surface area contributed by atoms with Gasteiger partial charge in [-0.25, -0.2) is 8.42 Å². The number of aryl methyl sites for hydroxylation is 1. The summed E-state index contributed by atoms with van der Waals surface area (Å²) in [5.74, 6) is 1.00. The van der Waals surface area contributed by atoms with Crippen LogP contribution in [0.1, 0.15) is 30.5 Å². The van der Waals surface area contributed by atoms with E-state index in [4.69, 9.17) is 9.78 Å². The highest BCUT2D eigenvalue weighted by atomic mass is 32.2. The molecular formula is C9H11N3O3S. The number of sulfone groups is 1. The highest BCUT2D eigenvalue weighted by Crippen LogP contribution is 2.26. The molecule has 1 aromatic heterocycles. The van der Waals surface area contributed by atoms with E-state index < -0.39 is 9.84 Å². The molecule has 6 nitrogen and oxygen atoms in total. The standard InChI is InChI=1S/C9H11N3O3S/c10-4-1-2-8-11-9(12-15-8)7-3-5-16(13,14)6-7/h7H,1-3,5-6H2. The van der Waals surface area contributed by atoms with Gasteiger partial charge >= 0.3 is 0 Å². The van der Waals surface area contributed by atoms with E-state index in [0.717, 1.165) is 0 Å². The molecule has 1 atom stereocenters. The Kier molecular flexibility index (Phi) is 2.92. The maximum atomic E-state index is 11.3. The van der Waals surface area contributed by atoms with Gasteiger partial charge in [-0.05, 0) is 6.42 Å². The first-order valence-electron chi connectivity index (χ1n) is 5.00. The molecule has 2 rings (SSSR count). The number of aromatic nitrogens is 2. The van der Waals surface area contributed by atoms with Crippen molar-refractivity contribution in [3.63, 3.8) is 0 Å². The fourth-order valence-corrected chi connectivity index (χ4v) is 3.44. The molecule has 1 aliphatic heterocycles. The van der Waals surface area contributed by atoms with Crippen molar-refractivity contribution in [1.82, 2.24) is 10.1 Å². The van der Waals surface area contributed by atoms with Crippen molar-refractivity contribution in [1.29, 1.82) is 5.26 Å². The molecule has 0 saturated carbocycles. The average molecular weight is 241 g/mol. The monoisotopic (exact) mass is 241 g/mol. The molecule has 1 fully saturated rings. The SMILES string of the molecule is N#CCCc1nc(C2CCS(=O)(=O)C2)no1. The van der Waals surface area contributed by atoms with E-state index in [1.165, 1.54) is 0 Å². The Hall–Kier alpha value is -1.42. The van der Waals surface area contributed by atoms with E-state index in [2.05, 4.69) is 10.1 Å². The summed E-state index contributed by atoms with van der Waals surface area (Å²) in [5, 5.41) is 12.2. The van der Waals surface area contributed by atoms with E-state index in [0.29, 0.717) is 31.0 Å². The van der Waals surface area contributed by atoms with Crippen molar-refractivity contribution >= 4 is 9.84 Å². The Bertz CT molecular complexity index is 514. The molecule has 2 heterocycles. The highest BCUT2D eigenvalue weighted by molar-refractivity contribution is 7.91. The minimum Gasteiger partial charge on any atom is -0.339 e. The van der Waals surface area contributed by atoms with Crippen LogP contribution in [-0.4, -0.2) is 30.1 Å². The van der Waals surface area contributed by atoms with Crippen LogP contribution in [0.5, 0.6) is 0 Å². The van der Waals surface area contributed by atoms with Crippen molar-refractivity contribution in [3.8, 4) is 6.07 Å². The summed E-state index contributed by atoms with van der Waals surface area (Å²) < 4.78 is 27.5. The molecule has 0 bridgehead atoms. The van der Waals surface area contributed by atoms with Gasteiger partial charge < -0.3 is 4.52 Å². The summed E-state index contributed by atoms with van der Waals surface area (Å²) in [7, 11) is -2.93. The molecule has 86 valence electrons. The first-order chi connectivity index (χ1) is 7.61. The third-order valence-corrected chi connectivity index (χ3v) is 4.30. The average Bonchev–Trinajstić information content (AvgIpc) is 2.81. The van der Waals surface area contributed by atoms with Crippen LogP contribution in [0, 0.1) is 11.3 Å². The summed E-state index contributed by atoms with van der Waals surface area (Å²) in [6.07, 6.45) is 1.30. The molecule has 1 unspecified atom stereocenters. The second-order valence-corrected chi connectivity index (χ2v) is 6.03. The Labute approximate surface area is 93.2 Å². The van der Waals surface area contributed by atoms with Crippen LogP contribution in [0.3, 0.4) is 0 Å². The van der Waals surface area contributed by atoms with E-state index >= 15 is 0 Å². The predicted molar refractivity (Wildman–Crippen MR) is 54.2 cm³/mol. The molecule has 1 saturated heterocycles. The van der Waals surface area contributed by atoms with E-state index in [1.54, 1.807) is 0 Å². The maximum absolute atomic E-state index is 11.3. The first kappa shape index (κ1) is 11.1. The third kappa shape index (κ3) is 2.39. The Morgan fingerprint density at radius 2 is 2.38 bits per heavy atom. The molecular weight excluding hydrogens is 230 g/mol. The van der Waals surface area contributed by atoms with Crippen LogP contribution in [0.15, 0.2) is 4.52 Å². The van der Waals surface area contributed by atoms with Crippen LogP contribution in [0.4, 0.5) is 0 Å². The summed E-state index contributed by atoms with van der Waals surface area (Å²) in [6.45, 7) is 0. The highest BCUT2D eigenvalue weighted by Gasteiger charge is 2.32. The van der Waals surface area contributed by atoms with Crippen LogP contribution in [0.2, 0.25) is 0 Å². The van der Waals surface area contributed by atoms with E-state index in [-0.39, 0.29) is 17.4 Å². The van der Waals surface area contributed by atoms with Gasteiger partial charge in [-0.1, -0.05) is 5.16 Å². The van der Waals surface area contributed by atoms with Crippen molar-refractivity contribution in [3.05, 3.63) is 11.7 Å². The molecule has 0 N–H and O–H groups in total. The fourth-order valence-electron chi connectivity index (χ4n) is 1.70. The lowest BCUT2D eigenvalue weighted by Crippen LogP contribution is -2.05. The summed E-state index contributed by atoms with van der Waals surface area (Å²) >= 11 is 0. The van der Waals surface area contributed by atoms with Crippen molar-refractivity contribution < 1.29 is 12.9 Å². The maximum Gasteiger partial charge on any atom is 0.227 e. The van der Waals surface area contributed by atoms with Gasteiger partial charge in [0.1, 0.15) is 0 Å². The molecule has 16 heavy (non-hydrogen) atoms. The van der Waals surface area contributed by atoms with Gasteiger partial charge in [0, 0.05) is 18.8 Å². The minimum atomic E-state index is -2.93. The molecule has 0 amide bonds. The van der Waals surface area contributed by atoms with Crippen molar-refractivity contribution in [2.75, 3.05) is 11.5 Å². The van der Waals surface area contributed by atoms with Crippen molar-refractivity contribution in [2.45, 2.75) is 25.2 Å². The fraction of sp³-hybridized carbons (Fsp3) is 0.667. The Morgan fingerprint density at radius 1 is 1.56 bits per heavy atom. The molecule has 0 spiro atoms. The molecule has 1 aromatic rings. The molecule has 0 aromatic carbocycles. The van der Waals surface area contributed by atoms with Gasteiger partial charge in [-0.15, -0.1) is 0 Å². The lowest BCUT2D eigenvalue weighted by molar-refractivity contribution is 0.371. The topological polar surface area (TPSA) is 96.8 Å². The largest absolute Gasteiger partial charge is 0.339 e. The second kappa shape index (κ2) is 4.22. The van der Waals surface area contributed by atoms with Crippen LogP contribution < -0.4 is 0 Å². The van der Waals surface area contributed by atoms with Crippen LogP contribution in [-0.2, 0) is 16.3 Å². The predicted octanol–water partition coefficient (Wildman–Crippen LogP) is 0.428.